The van der Waals surface area contributed by atoms with Gasteiger partial charge in [0.1, 0.15) is 11.5 Å². The summed E-state index contributed by atoms with van der Waals surface area (Å²) in [7, 11) is 0. The number of rotatable bonds is 5. The Balaban J connectivity index is 1.67. The molecule has 0 aliphatic rings. The minimum atomic E-state index is -0.356. The molecule has 3 aromatic rings. The fourth-order valence-electron chi connectivity index (χ4n) is 1.69. The van der Waals surface area contributed by atoms with Gasteiger partial charge < -0.3 is 9.73 Å². The van der Waals surface area contributed by atoms with E-state index >= 15 is 0 Å². The summed E-state index contributed by atoms with van der Waals surface area (Å²) in [4.78, 5) is 27.1. The molecular formula is C13H11N5O3S2. The Bertz CT molecular complexity index is 824. The maximum atomic E-state index is 11.9. The number of nitrogens with zero attached hydrogens (tertiary/aromatic N) is 3. The van der Waals surface area contributed by atoms with E-state index in [2.05, 4.69) is 24.4 Å². The van der Waals surface area contributed by atoms with Crippen LogP contribution in [0.3, 0.4) is 0 Å². The van der Waals surface area contributed by atoms with Crippen molar-refractivity contribution in [2.24, 2.45) is 0 Å². The van der Waals surface area contributed by atoms with Crippen molar-refractivity contribution in [1.82, 2.24) is 19.0 Å². The predicted molar refractivity (Wildman–Crippen MR) is 85.2 cm³/mol. The van der Waals surface area contributed by atoms with Gasteiger partial charge in [0.15, 0.2) is 16.6 Å². The molecule has 3 rings (SSSR count). The van der Waals surface area contributed by atoms with E-state index in [-0.39, 0.29) is 17.5 Å². The molecular weight excluding hydrogens is 338 g/mol. The molecule has 0 spiro atoms. The molecule has 0 aliphatic heterocycles. The molecule has 3 heterocycles. The Hall–Kier alpha value is -2.59. The number of hydrogen-bond acceptors (Lipinski definition) is 8. The van der Waals surface area contributed by atoms with Crippen molar-refractivity contribution in [1.29, 1.82) is 0 Å². The molecule has 8 nitrogen and oxygen atoms in total. The van der Waals surface area contributed by atoms with Gasteiger partial charge in [-0.3, -0.25) is 14.9 Å². The fourth-order valence-corrected chi connectivity index (χ4v) is 2.80. The Labute approximate surface area is 138 Å². The highest BCUT2D eigenvalue weighted by molar-refractivity contribution is 7.14. The zero-order valence-electron chi connectivity index (χ0n) is 11.9. The van der Waals surface area contributed by atoms with Crippen molar-refractivity contribution in [3.63, 3.8) is 0 Å². The Morgan fingerprint density at radius 2 is 2.22 bits per heavy atom. The van der Waals surface area contributed by atoms with Crippen molar-refractivity contribution in [2.75, 3.05) is 5.32 Å². The normalized spacial score (nSPS) is 10.5. The van der Waals surface area contributed by atoms with Crippen LogP contribution < -0.4 is 10.6 Å². The van der Waals surface area contributed by atoms with Crippen molar-refractivity contribution in [3.05, 3.63) is 35.2 Å². The standard InChI is InChI=1S/C13H11N5O3S2/c1-7(19)14-4-8-2-3-11(21-8)10-6-22-13(16-10)17-12(20)9-5-15-23-18-9/h2-3,5-6H,4H2,1H3,(H,14,19)(H,16,17,20). The number of nitrogens with one attached hydrogen (secondary N) is 2. The van der Waals surface area contributed by atoms with Crippen LogP contribution in [-0.4, -0.2) is 25.5 Å². The van der Waals surface area contributed by atoms with Crippen LogP contribution >= 0.6 is 23.1 Å². The van der Waals surface area contributed by atoms with Crippen LogP contribution in [0.1, 0.15) is 23.2 Å². The van der Waals surface area contributed by atoms with E-state index in [4.69, 9.17) is 4.42 Å². The zero-order valence-corrected chi connectivity index (χ0v) is 13.5. The van der Waals surface area contributed by atoms with E-state index in [1.54, 1.807) is 17.5 Å². The SMILES string of the molecule is CC(=O)NCc1ccc(-c2csc(NC(=O)c3cnsn3)n2)o1. The van der Waals surface area contributed by atoms with Crippen LogP contribution in [0, 0.1) is 0 Å². The number of aromatic nitrogens is 3. The summed E-state index contributed by atoms with van der Waals surface area (Å²) in [5, 5.41) is 7.53. The minimum Gasteiger partial charge on any atom is -0.458 e. The predicted octanol–water partition coefficient (Wildman–Crippen LogP) is 2.14. The van der Waals surface area contributed by atoms with Crippen LogP contribution in [-0.2, 0) is 11.3 Å². The largest absolute Gasteiger partial charge is 0.458 e. The van der Waals surface area contributed by atoms with E-state index in [0.717, 1.165) is 11.7 Å². The maximum absolute atomic E-state index is 11.9. The van der Waals surface area contributed by atoms with Crippen molar-refractivity contribution < 1.29 is 14.0 Å². The molecule has 10 heteroatoms. The first-order valence-corrected chi connectivity index (χ1v) is 8.11. The molecule has 2 N–H and O–H groups in total. The molecule has 23 heavy (non-hydrogen) atoms. The highest BCUT2D eigenvalue weighted by atomic mass is 32.1. The fraction of sp³-hybridized carbons (Fsp3) is 0.154. The second kappa shape index (κ2) is 6.67. The molecule has 3 aromatic heterocycles. The first-order chi connectivity index (χ1) is 11.1. The Morgan fingerprint density at radius 1 is 1.35 bits per heavy atom. The monoisotopic (exact) mass is 349 g/mol. The van der Waals surface area contributed by atoms with Gasteiger partial charge in [-0.05, 0) is 12.1 Å². The molecule has 0 fully saturated rings. The molecule has 0 aromatic carbocycles. The van der Waals surface area contributed by atoms with Gasteiger partial charge in [0, 0.05) is 12.3 Å². The molecule has 0 aliphatic carbocycles. The van der Waals surface area contributed by atoms with Gasteiger partial charge in [0.05, 0.1) is 24.5 Å². The first-order valence-electron chi connectivity index (χ1n) is 6.50. The highest BCUT2D eigenvalue weighted by Gasteiger charge is 2.13. The zero-order chi connectivity index (χ0) is 16.2. The summed E-state index contributed by atoms with van der Waals surface area (Å²) >= 11 is 2.25. The van der Waals surface area contributed by atoms with Gasteiger partial charge in [0.25, 0.3) is 5.91 Å². The Morgan fingerprint density at radius 3 is 2.96 bits per heavy atom. The maximum Gasteiger partial charge on any atom is 0.278 e. The summed E-state index contributed by atoms with van der Waals surface area (Å²) in [5.41, 5.74) is 0.859. The van der Waals surface area contributed by atoms with E-state index in [0.29, 0.717) is 28.9 Å². The summed E-state index contributed by atoms with van der Waals surface area (Å²) in [5.74, 6) is 0.711. The van der Waals surface area contributed by atoms with Crippen LogP contribution in [0.15, 0.2) is 28.1 Å². The van der Waals surface area contributed by atoms with Crippen LogP contribution in [0.4, 0.5) is 5.13 Å². The number of furan rings is 1. The quantitative estimate of drug-likeness (QED) is 0.730. The summed E-state index contributed by atoms with van der Waals surface area (Å²) in [6.07, 6.45) is 1.40. The second-order valence-corrected chi connectivity index (χ2v) is 5.88. The van der Waals surface area contributed by atoms with Crippen LogP contribution in [0.2, 0.25) is 0 Å². The average molecular weight is 349 g/mol. The first kappa shape index (κ1) is 15.3. The number of hydrogen-bond donors (Lipinski definition) is 2. The van der Waals surface area contributed by atoms with E-state index in [9.17, 15) is 9.59 Å². The third-order valence-electron chi connectivity index (χ3n) is 2.74. The number of anilines is 1. The van der Waals surface area contributed by atoms with Gasteiger partial charge in [-0.25, -0.2) is 4.98 Å². The highest BCUT2D eigenvalue weighted by Crippen LogP contribution is 2.26. The van der Waals surface area contributed by atoms with Crippen molar-refractivity contribution >= 4 is 40.0 Å². The molecule has 0 unspecified atom stereocenters. The number of thiazole rings is 1. The van der Waals surface area contributed by atoms with Gasteiger partial charge in [0.2, 0.25) is 5.91 Å². The van der Waals surface area contributed by atoms with E-state index < -0.39 is 0 Å². The molecule has 0 bridgehead atoms. The van der Waals surface area contributed by atoms with E-state index in [1.165, 1.54) is 24.5 Å². The van der Waals surface area contributed by atoms with Gasteiger partial charge in [-0.2, -0.15) is 8.75 Å². The van der Waals surface area contributed by atoms with Gasteiger partial charge in [-0.15, -0.1) is 11.3 Å². The second-order valence-electron chi connectivity index (χ2n) is 4.46. The molecule has 0 atom stereocenters. The minimum absolute atomic E-state index is 0.127. The lowest BCUT2D eigenvalue weighted by Gasteiger charge is -1.97. The van der Waals surface area contributed by atoms with Crippen LogP contribution in [0.5, 0.6) is 0 Å². The van der Waals surface area contributed by atoms with Crippen LogP contribution in [0.25, 0.3) is 11.5 Å². The summed E-state index contributed by atoms with van der Waals surface area (Å²) in [6, 6.07) is 3.53. The van der Waals surface area contributed by atoms with Gasteiger partial charge in [-0.1, -0.05) is 0 Å². The molecule has 2 amide bonds. The van der Waals surface area contributed by atoms with Crippen molar-refractivity contribution in [3.8, 4) is 11.5 Å². The molecule has 0 saturated carbocycles. The van der Waals surface area contributed by atoms with E-state index in [1.807, 2.05) is 0 Å². The topological polar surface area (TPSA) is 110 Å². The number of carbonyl (C=O) groups is 2. The average Bonchev–Trinajstić information content (AvgIpc) is 3.25. The molecule has 0 saturated heterocycles. The smallest absolute Gasteiger partial charge is 0.278 e. The summed E-state index contributed by atoms with van der Waals surface area (Å²) in [6.45, 7) is 1.76. The Kier molecular flexibility index (Phi) is 4.44. The lowest BCUT2D eigenvalue weighted by molar-refractivity contribution is -0.119. The molecule has 0 radical (unpaired) electrons. The number of carbonyl (C=O) groups excluding carboxylic acids is 2. The summed E-state index contributed by atoms with van der Waals surface area (Å²) < 4.78 is 13.2. The lowest BCUT2D eigenvalue weighted by Crippen LogP contribution is -2.18. The van der Waals surface area contributed by atoms with Gasteiger partial charge >= 0.3 is 0 Å². The number of amides is 2. The lowest BCUT2D eigenvalue weighted by atomic mass is 10.3. The third-order valence-corrected chi connectivity index (χ3v) is 3.98. The third kappa shape index (κ3) is 3.79. The molecule has 118 valence electrons. The van der Waals surface area contributed by atoms with Crippen molar-refractivity contribution in [2.45, 2.75) is 13.5 Å².